The number of hydrogen-bond donors (Lipinski definition) is 1. The lowest BCUT2D eigenvalue weighted by atomic mass is 10.1. The Kier molecular flexibility index (Phi) is 6.81. The Morgan fingerprint density at radius 2 is 2.10 bits per heavy atom. The molecule has 108 valence electrons. The molecule has 0 atom stereocenters. The fourth-order valence-electron chi connectivity index (χ4n) is 1.50. The number of aliphatic hydroxyl groups excluding tert-OH is 1. The molecule has 1 N–H and O–H groups in total. The van der Waals surface area contributed by atoms with Crippen molar-refractivity contribution in [2.24, 2.45) is 4.99 Å². The predicted molar refractivity (Wildman–Crippen MR) is 81.3 cm³/mol. The lowest BCUT2D eigenvalue weighted by molar-refractivity contribution is -0.137. The molecule has 0 unspecified atom stereocenters. The molecule has 0 aliphatic carbocycles. The minimum absolute atomic E-state index is 0.00778. The van der Waals surface area contributed by atoms with E-state index in [1.807, 2.05) is 6.92 Å². The van der Waals surface area contributed by atoms with Crippen molar-refractivity contribution in [2.45, 2.75) is 20.3 Å². The Balaban J connectivity index is 3.22. The van der Waals surface area contributed by atoms with Gasteiger partial charge in [-0.3, -0.25) is 4.99 Å². The van der Waals surface area contributed by atoms with Crippen molar-refractivity contribution in [2.75, 3.05) is 13.2 Å². The Hall–Kier alpha value is -1.81. The number of benzene rings is 1. The summed E-state index contributed by atoms with van der Waals surface area (Å²) in [6.45, 7) is 4.46. The molecule has 0 aliphatic heterocycles. The highest BCUT2D eigenvalue weighted by molar-refractivity contribution is 6.32. The van der Waals surface area contributed by atoms with Crippen LogP contribution in [0.3, 0.4) is 0 Å². The highest BCUT2D eigenvalue weighted by atomic mass is 35.5. The highest BCUT2D eigenvalue weighted by Crippen LogP contribution is 2.24. The number of hydrogen-bond acceptors (Lipinski definition) is 4. The van der Waals surface area contributed by atoms with Gasteiger partial charge in [-0.25, -0.2) is 4.79 Å². The van der Waals surface area contributed by atoms with Crippen molar-refractivity contribution < 1.29 is 14.6 Å². The van der Waals surface area contributed by atoms with Crippen molar-refractivity contribution >= 4 is 29.5 Å². The normalized spacial score (nSPS) is 12.3. The van der Waals surface area contributed by atoms with Crippen LogP contribution in [0.15, 0.2) is 34.8 Å². The van der Waals surface area contributed by atoms with Crippen LogP contribution < -0.4 is 0 Å². The van der Waals surface area contributed by atoms with E-state index in [1.54, 1.807) is 31.2 Å². The van der Waals surface area contributed by atoms with E-state index >= 15 is 0 Å². The molecule has 1 rings (SSSR count). The van der Waals surface area contributed by atoms with E-state index in [0.717, 1.165) is 6.42 Å². The Labute approximate surface area is 123 Å². The summed E-state index contributed by atoms with van der Waals surface area (Å²) in [4.78, 5) is 16.0. The summed E-state index contributed by atoms with van der Waals surface area (Å²) < 4.78 is 4.93. The van der Waals surface area contributed by atoms with Gasteiger partial charge in [0.1, 0.15) is 11.3 Å². The number of aliphatic hydroxyl groups is 1. The molecule has 4 nitrogen and oxygen atoms in total. The summed E-state index contributed by atoms with van der Waals surface area (Å²) >= 11 is 6.02. The van der Waals surface area contributed by atoms with Crippen LogP contribution in [0.1, 0.15) is 25.8 Å². The molecule has 0 fully saturated rings. The second-order valence-electron chi connectivity index (χ2n) is 4.00. The highest BCUT2D eigenvalue weighted by Gasteiger charge is 2.17. The van der Waals surface area contributed by atoms with Crippen LogP contribution in [0.5, 0.6) is 0 Å². The number of carbonyl (C=O) groups excluding carboxylic acids is 1. The fourth-order valence-corrected chi connectivity index (χ4v) is 1.73. The number of aliphatic imine (C=N–C) groups is 1. The second kappa shape index (κ2) is 8.38. The zero-order valence-electron chi connectivity index (χ0n) is 11.6. The van der Waals surface area contributed by atoms with Gasteiger partial charge < -0.3 is 9.84 Å². The van der Waals surface area contributed by atoms with Crippen molar-refractivity contribution in [3.05, 3.63) is 40.4 Å². The third-order valence-electron chi connectivity index (χ3n) is 2.45. The average molecular weight is 296 g/mol. The van der Waals surface area contributed by atoms with Crippen molar-refractivity contribution in [1.82, 2.24) is 0 Å². The molecule has 5 heteroatoms. The second-order valence-corrected chi connectivity index (χ2v) is 4.41. The summed E-state index contributed by atoms with van der Waals surface area (Å²) in [5, 5.41) is 10.6. The Morgan fingerprint density at radius 1 is 1.40 bits per heavy atom. The van der Waals surface area contributed by atoms with Gasteiger partial charge in [0, 0.05) is 18.3 Å². The van der Waals surface area contributed by atoms with Gasteiger partial charge in [-0.1, -0.05) is 30.7 Å². The van der Waals surface area contributed by atoms with E-state index in [4.69, 9.17) is 16.3 Å². The third-order valence-corrected chi connectivity index (χ3v) is 2.78. The van der Waals surface area contributed by atoms with Crippen LogP contribution in [-0.2, 0) is 9.53 Å². The van der Waals surface area contributed by atoms with Gasteiger partial charge in [0.05, 0.1) is 11.6 Å². The van der Waals surface area contributed by atoms with E-state index in [0.29, 0.717) is 17.1 Å². The first-order valence-corrected chi connectivity index (χ1v) is 6.84. The SMILES string of the molecule is CCCN=C/C(C(=O)OCC)=C(/O)c1ccccc1Cl. The number of halogens is 1. The third kappa shape index (κ3) is 4.38. The molecule has 0 spiro atoms. The first kappa shape index (κ1) is 16.2. The molecule has 0 radical (unpaired) electrons. The lowest BCUT2D eigenvalue weighted by Gasteiger charge is -2.08. The minimum Gasteiger partial charge on any atom is -0.506 e. The van der Waals surface area contributed by atoms with E-state index in [9.17, 15) is 9.90 Å². The number of ether oxygens (including phenoxy) is 1. The molecule has 0 heterocycles. The van der Waals surface area contributed by atoms with Crippen molar-refractivity contribution in [1.29, 1.82) is 0 Å². The van der Waals surface area contributed by atoms with Crippen molar-refractivity contribution in [3.8, 4) is 0 Å². The molecule has 0 saturated carbocycles. The average Bonchev–Trinajstić information content (AvgIpc) is 2.44. The van der Waals surface area contributed by atoms with Crippen LogP contribution in [-0.4, -0.2) is 30.4 Å². The van der Waals surface area contributed by atoms with Crippen LogP contribution in [0.4, 0.5) is 0 Å². The first-order valence-electron chi connectivity index (χ1n) is 6.46. The molecular formula is C15H18ClNO3. The number of rotatable bonds is 6. The van der Waals surface area contributed by atoms with Crippen LogP contribution >= 0.6 is 11.6 Å². The summed E-state index contributed by atoms with van der Waals surface area (Å²) in [5.74, 6) is -0.848. The Bertz CT molecular complexity index is 524. The quantitative estimate of drug-likeness (QED) is 0.377. The summed E-state index contributed by atoms with van der Waals surface area (Å²) in [5.41, 5.74) is 0.383. The largest absolute Gasteiger partial charge is 0.506 e. The number of nitrogens with zero attached hydrogens (tertiary/aromatic N) is 1. The lowest BCUT2D eigenvalue weighted by Crippen LogP contribution is -2.11. The zero-order valence-corrected chi connectivity index (χ0v) is 12.4. The number of esters is 1. The van der Waals surface area contributed by atoms with Gasteiger partial charge in [-0.2, -0.15) is 0 Å². The van der Waals surface area contributed by atoms with Crippen LogP contribution in [0.25, 0.3) is 5.76 Å². The standard InChI is InChI=1S/C15H18ClNO3/c1-3-9-17-10-12(15(19)20-4-2)14(18)11-7-5-6-8-13(11)16/h5-8,10,18H,3-4,9H2,1-2H3/b14-12-,17-10?. The van der Waals surface area contributed by atoms with E-state index in [-0.39, 0.29) is 17.9 Å². The maximum Gasteiger partial charge on any atom is 0.343 e. The maximum atomic E-state index is 11.9. The monoisotopic (exact) mass is 295 g/mol. The van der Waals surface area contributed by atoms with Gasteiger partial charge >= 0.3 is 5.97 Å². The summed E-state index contributed by atoms with van der Waals surface area (Å²) in [7, 11) is 0. The maximum absolute atomic E-state index is 11.9. The molecule has 0 aromatic heterocycles. The Morgan fingerprint density at radius 3 is 2.70 bits per heavy atom. The first-order chi connectivity index (χ1) is 9.61. The molecule has 20 heavy (non-hydrogen) atoms. The predicted octanol–water partition coefficient (Wildman–Crippen LogP) is 3.65. The summed E-state index contributed by atoms with van der Waals surface area (Å²) in [6.07, 6.45) is 2.18. The van der Waals surface area contributed by atoms with Crippen LogP contribution in [0, 0.1) is 0 Å². The van der Waals surface area contributed by atoms with Gasteiger partial charge in [-0.15, -0.1) is 0 Å². The van der Waals surface area contributed by atoms with Crippen LogP contribution in [0.2, 0.25) is 5.02 Å². The van der Waals surface area contributed by atoms with E-state index in [2.05, 4.69) is 4.99 Å². The number of carbonyl (C=O) groups is 1. The zero-order chi connectivity index (χ0) is 15.0. The minimum atomic E-state index is -0.621. The smallest absolute Gasteiger partial charge is 0.343 e. The topological polar surface area (TPSA) is 58.9 Å². The van der Waals surface area contributed by atoms with E-state index in [1.165, 1.54) is 6.21 Å². The van der Waals surface area contributed by atoms with Gasteiger partial charge in [0.25, 0.3) is 0 Å². The van der Waals surface area contributed by atoms with Gasteiger partial charge in [-0.05, 0) is 25.5 Å². The fraction of sp³-hybridized carbons (Fsp3) is 0.333. The molecular weight excluding hydrogens is 278 g/mol. The van der Waals surface area contributed by atoms with E-state index < -0.39 is 5.97 Å². The molecule has 0 aliphatic rings. The molecule has 1 aromatic carbocycles. The molecule has 1 aromatic rings. The summed E-state index contributed by atoms with van der Waals surface area (Å²) in [6, 6.07) is 6.74. The molecule has 0 amide bonds. The van der Waals surface area contributed by atoms with Crippen molar-refractivity contribution in [3.63, 3.8) is 0 Å². The molecule has 0 bridgehead atoms. The molecule has 0 saturated heterocycles. The van der Waals surface area contributed by atoms with Gasteiger partial charge in [0.15, 0.2) is 0 Å². The van der Waals surface area contributed by atoms with Gasteiger partial charge in [0.2, 0.25) is 0 Å².